The van der Waals surface area contributed by atoms with E-state index in [0.717, 1.165) is 24.8 Å². The van der Waals surface area contributed by atoms with Gasteiger partial charge in [-0.3, -0.25) is 0 Å². The standard InChI is InChI=1S/C18H33F2N/c1-4-9-21-17(15-5-7-18(19,20)8-6-15)16-11-13(2)10-14(3)12-16/h13-17,21H,4-12H2,1-3H3. The predicted octanol–water partition coefficient (Wildman–Crippen LogP) is 5.25. The first-order chi connectivity index (χ1) is 9.91. The van der Waals surface area contributed by atoms with Gasteiger partial charge in [-0.2, -0.15) is 0 Å². The summed E-state index contributed by atoms with van der Waals surface area (Å²) in [4.78, 5) is 0. The molecule has 2 aliphatic rings. The van der Waals surface area contributed by atoms with Crippen LogP contribution in [0.5, 0.6) is 0 Å². The lowest BCUT2D eigenvalue weighted by Crippen LogP contribution is -2.47. The first-order valence-electron chi connectivity index (χ1n) is 9.02. The van der Waals surface area contributed by atoms with Crippen molar-refractivity contribution in [1.82, 2.24) is 5.32 Å². The maximum atomic E-state index is 13.4. The molecule has 2 rings (SSSR count). The summed E-state index contributed by atoms with van der Waals surface area (Å²) in [6.07, 6.45) is 6.61. The van der Waals surface area contributed by atoms with Crippen molar-refractivity contribution in [3.63, 3.8) is 0 Å². The molecule has 0 aromatic rings. The Bertz CT molecular complexity index is 298. The normalized spacial score (nSPS) is 35.6. The van der Waals surface area contributed by atoms with Crippen LogP contribution in [0.15, 0.2) is 0 Å². The average Bonchev–Trinajstić information content (AvgIpc) is 2.39. The second-order valence-electron chi connectivity index (χ2n) is 7.85. The van der Waals surface area contributed by atoms with Crippen molar-refractivity contribution in [3.8, 4) is 0 Å². The van der Waals surface area contributed by atoms with E-state index in [0.29, 0.717) is 30.7 Å². The molecule has 0 amide bonds. The summed E-state index contributed by atoms with van der Waals surface area (Å²) in [6, 6.07) is 0.464. The lowest BCUT2D eigenvalue weighted by atomic mass is 9.68. The Labute approximate surface area is 129 Å². The molecule has 0 aromatic carbocycles. The maximum Gasteiger partial charge on any atom is 0.248 e. The van der Waals surface area contributed by atoms with Crippen LogP contribution >= 0.6 is 0 Å². The number of alkyl halides is 2. The Balaban J connectivity index is 2.00. The van der Waals surface area contributed by atoms with Crippen molar-refractivity contribution < 1.29 is 8.78 Å². The Kier molecular flexibility index (Phi) is 6.05. The molecule has 0 radical (unpaired) electrons. The van der Waals surface area contributed by atoms with Crippen LogP contribution in [-0.4, -0.2) is 18.5 Å². The summed E-state index contributed by atoms with van der Waals surface area (Å²) in [5.41, 5.74) is 0. The summed E-state index contributed by atoms with van der Waals surface area (Å²) >= 11 is 0. The third-order valence-corrected chi connectivity index (χ3v) is 5.62. The van der Waals surface area contributed by atoms with Gasteiger partial charge in [0.05, 0.1) is 0 Å². The zero-order valence-electron chi connectivity index (χ0n) is 14.0. The largest absolute Gasteiger partial charge is 0.313 e. The Morgan fingerprint density at radius 1 is 1.00 bits per heavy atom. The van der Waals surface area contributed by atoms with Crippen molar-refractivity contribution in [2.45, 2.75) is 84.1 Å². The molecule has 0 saturated heterocycles. The zero-order valence-corrected chi connectivity index (χ0v) is 14.0. The van der Waals surface area contributed by atoms with Crippen LogP contribution in [0.25, 0.3) is 0 Å². The molecular weight excluding hydrogens is 268 g/mol. The summed E-state index contributed by atoms with van der Waals surface area (Å²) < 4.78 is 26.9. The molecule has 0 bridgehead atoms. The minimum Gasteiger partial charge on any atom is -0.313 e. The van der Waals surface area contributed by atoms with Gasteiger partial charge < -0.3 is 5.32 Å². The Morgan fingerprint density at radius 2 is 1.57 bits per heavy atom. The highest BCUT2D eigenvalue weighted by Crippen LogP contribution is 2.42. The van der Waals surface area contributed by atoms with Crippen molar-refractivity contribution in [2.24, 2.45) is 23.7 Å². The van der Waals surface area contributed by atoms with Crippen LogP contribution in [0.4, 0.5) is 8.78 Å². The topological polar surface area (TPSA) is 12.0 Å². The third kappa shape index (κ3) is 4.91. The molecule has 1 N–H and O–H groups in total. The highest BCUT2D eigenvalue weighted by atomic mass is 19.3. The van der Waals surface area contributed by atoms with Crippen LogP contribution < -0.4 is 5.32 Å². The van der Waals surface area contributed by atoms with E-state index in [4.69, 9.17) is 0 Å². The molecule has 124 valence electrons. The molecule has 1 nitrogen and oxygen atoms in total. The average molecular weight is 301 g/mol. The van der Waals surface area contributed by atoms with E-state index in [1.165, 1.54) is 19.3 Å². The second kappa shape index (κ2) is 7.39. The smallest absolute Gasteiger partial charge is 0.248 e. The van der Waals surface area contributed by atoms with E-state index >= 15 is 0 Å². The summed E-state index contributed by atoms with van der Waals surface area (Å²) in [6.45, 7) is 7.92. The predicted molar refractivity (Wildman–Crippen MR) is 84.7 cm³/mol. The molecule has 3 unspecified atom stereocenters. The molecule has 2 aliphatic carbocycles. The number of hydrogen-bond acceptors (Lipinski definition) is 1. The van der Waals surface area contributed by atoms with Gasteiger partial charge in [0.2, 0.25) is 5.92 Å². The second-order valence-corrected chi connectivity index (χ2v) is 7.85. The number of nitrogens with one attached hydrogen (secondary N) is 1. The fourth-order valence-corrected chi connectivity index (χ4v) is 4.75. The van der Waals surface area contributed by atoms with E-state index < -0.39 is 5.92 Å². The summed E-state index contributed by atoms with van der Waals surface area (Å²) in [5, 5.41) is 3.73. The lowest BCUT2D eigenvalue weighted by Gasteiger charge is -2.42. The monoisotopic (exact) mass is 301 g/mol. The van der Waals surface area contributed by atoms with Gasteiger partial charge >= 0.3 is 0 Å². The summed E-state index contributed by atoms with van der Waals surface area (Å²) in [5.74, 6) is 0.314. The van der Waals surface area contributed by atoms with E-state index in [1.54, 1.807) is 0 Å². The molecule has 0 spiro atoms. The van der Waals surface area contributed by atoms with Crippen molar-refractivity contribution in [3.05, 3.63) is 0 Å². The van der Waals surface area contributed by atoms with Gasteiger partial charge in [-0.15, -0.1) is 0 Å². The van der Waals surface area contributed by atoms with E-state index in [9.17, 15) is 8.78 Å². The van der Waals surface area contributed by atoms with Gasteiger partial charge in [0.25, 0.3) is 0 Å². The van der Waals surface area contributed by atoms with Gasteiger partial charge in [-0.05, 0) is 68.7 Å². The molecular formula is C18H33F2N. The van der Waals surface area contributed by atoms with Crippen LogP contribution in [0, 0.1) is 23.7 Å². The first-order valence-corrected chi connectivity index (χ1v) is 9.02. The zero-order chi connectivity index (χ0) is 15.5. The fraction of sp³-hybridized carbons (Fsp3) is 1.00. The van der Waals surface area contributed by atoms with Crippen LogP contribution in [0.2, 0.25) is 0 Å². The molecule has 0 aliphatic heterocycles. The van der Waals surface area contributed by atoms with Gasteiger partial charge in [-0.25, -0.2) is 8.78 Å². The van der Waals surface area contributed by atoms with Gasteiger partial charge in [0.1, 0.15) is 0 Å². The molecule has 3 atom stereocenters. The van der Waals surface area contributed by atoms with Gasteiger partial charge in [-0.1, -0.05) is 20.8 Å². The molecule has 0 heterocycles. The van der Waals surface area contributed by atoms with E-state index in [2.05, 4.69) is 26.1 Å². The Hall–Kier alpha value is -0.180. The molecule has 2 saturated carbocycles. The minimum atomic E-state index is -2.40. The van der Waals surface area contributed by atoms with Crippen molar-refractivity contribution in [1.29, 1.82) is 0 Å². The van der Waals surface area contributed by atoms with Crippen LogP contribution in [-0.2, 0) is 0 Å². The highest BCUT2D eigenvalue weighted by Gasteiger charge is 2.40. The SMILES string of the molecule is CCCNC(C1CCC(F)(F)CC1)C1CC(C)CC(C)C1. The number of halogens is 2. The summed E-state index contributed by atoms with van der Waals surface area (Å²) in [7, 11) is 0. The fourth-order valence-electron chi connectivity index (χ4n) is 4.75. The first kappa shape index (κ1) is 17.2. The third-order valence-electron chi connectivity index (χ3n) is 5.62. The van der Waals surface area contributed by atoms with Crippen molar-refractivity contribution >= 4 is 0 Å². The number of hydrogen-bond donors (Lipinski definition) is 1. The molecule has 3 heteroatoms. The van der Waals surface area contributed by atoms with Crippen molar-refractivity contribution in [2.75, 3.05) is 6.54 Å². The maximum absolute atomic E-state index is 13.4. The van der Waals surface area contributed by atoms with E-state index in [-0.39, 0.29) is 12.8 Å². The molecule has 21 heavy (non-hydrogen) atoms. The van der Waals surface area contributed by atoms with E-state index in [1.807, 2.05) is 0 Å². The number of rotatable bonds is 5. The van der Waals surface area contributed by atoms with Gasteiger partial charge in [0.15, 0.2) is 0 Å². The van der Waals surface area contributed by atoms with Crippen LogP contribution in [0.3, 0.4) is 0 Å². The molecule has 2 fully saturated rings. The molecule has 0 aromatic heterocycles. The van der Waals surface area contributed by atoms with Gasteiger partial charge in [0, 0.05) is 18.9 Å². The Morgan fingerprint density at radius 3 is 2.10 bits per heavy atom. The van der Waals surface area contributed by atoms with Crippen LogP contribution in [0.1, 0.15) is 72.1 Å². The highest BCUT2D eigenvalue weighted by molar-refractivity contribution is 4.91. The quantitative estimate of drug-likeness (QED) is 0.731. The lowest BCUT2D eigenvalue weighted by molar-refractivity contribution is -0.0538. The minimum absolute atomic E-state index is 0.0970.